The second-order valence-corrected chi connectivity index (χ2v) is 19.0. The van der Waals surface area contributed by atoms with Gasteiger partial charge in [-0.3, -0.25) is 14.4 Å². The Bertz CT molecular complexity index is 2340. The Morgan fingerprint density at radius 2 is 1.65 bits per heavy atom. The second-order valence-electron chi connectivity index (χ2n) is 17.0. The number of benzene rings is 3. The summed E-state index contributed by atoms with van der Waals surface area (Å²) < 4.78 is 93.6. The third-order valence-corrected chi connectivity index (χ3v) is 12.8. The molecule has 342 valence electrons. The predicted molar refractivity (Wildman–Crippen MR) is 229 cm³/mol. The number of esters is 1. The lowest BCUT2D eigenvalue weighted by atomic mass is 9.89. The van der Waals surface area contributed by atoms with Crippen LogP contribution in [0.5, 0.6) is 5.75 Å². The summed E-state index contributed by atoms with van der Waals surface area (Å²) in [5, 5.41) is 12.2. The molecule has 0 radical (unpaired) electrons. The standard InChI is InChI=1S/C45H55F4N5O8S/c1-6-17-53(18-8-16-51-38(56)13-14-45(4,5)61-19-15-44(2,3)43(58)62-41-39(48)34(46)24-35(47)40(41)49)42(57)32-20-31-12-11-30(22-36(31)52-37(50)23-32)29-9-7-10-33(21-29)63(59,60)54-25-28(26-54)27-55/h7,9-12,20-22,24,28,55H,6,8,13-19,23,25-27H2,1-5H3,(H2,50,52)(H,51,56). The van der Waals surface area contributed by atoms with E-state index in [-0.39, 0.29) is 80.1 Å². The van der Waals surface area contributed by atoms with E-state index in [4.69, 9.17) is 15.2 Å². The first-order valence-electron chi connectivity index (χ1n) is 20.8. The van der Waals surface area contributed by atoms with Crippen molar-refractivity contribution in [1.29, 1.82) is 0 Å². The summed E-state index contributed by atoms with van der Waals surface area (Å²) in [5.74, 6) is -9.88. The number of amidine groups is 1. The maximum atomic E-state index is 14.0. The van der Waals surface area contributed by atoms with Gasteiger partial charge in [-0.1, -0.05) is 31.2 Å². The quantitative estimate of drug-likeness (QED) is 0.0368. The van der Waals surface area contributed by atoms with Crippen LogP contribution < -0.4 is 15.8 Å². The molecular weight excluding hydrogens is 847 g/mol. The summed E-state index contributed by atoms with van der Waals surface area (Å²) in [6.07, 6.45) is 3.51. The van der Waals surface area contributed by atoms with Crippen LogP contribution >= 0.6 is 0 Å². The van der Waals surface area contributed by atoms with Crippen molar-refractivity contribution in [2.24, 2.45) is 22.1 Å². The molecule has 0 atom stereocenters. The van der Waals surface area contributed by atoms with E-state index in [0.29, 0.717) is 61.3 Å². The Hall–Kier alpha value is -5.17. The molecule has 2 amide bonds. The van der Waals surface area contributed by atoms with Crippen LogP contribution in [0, 0.1) is 34.6 Å². The molecule has 2 heterocycles. The molecule has 0 aliphatic carbocycles. The van der Waals surface area contributed by atoms with Crippen molar-refractivity contribution in [2.75, 3.05) is 45.9 Å². The summed E-state index contributed by atoms with van der Waals surface area (Å²) in [7, 11) is -3.72. The maximum absolute atomic E-state index is 14.0. The number of aliphatic imine (C=N–C) groups is 1. The fourth-order valence-corrected chi connectivity index (χ4v) is 8.58. The van der Waals surface area contributed by atoms with Crippen LogP contribution in [0.3, 0.4) is 0 Å². The predicted octanol–water partition coefficient (Wildman–Crippen LogP) is 6.64. The number of carbonyl (C=O) groups excluding carboxylic acids is 3. The fourth-order valence-electron chi connectivity index (χ4n) is 6.94. The van der Waals surface area contributed by atoms with Crippen molar-refractivity contribution in [3.63, 3.8) is 0 Å². The fraction of sp³-hybridized carbons (Fsp3) is 0.467. The van der Waals surface area contributed by atoms with E-state index < -0.39 is 56.0 Å². The van der Waals surface area contributed by atoms with E-state index in [9.17, 15) is 45.5 Å². The normalized spacial score (nSPS) is 14.8. The van der Waals surface area contributed by atoms with Crippen LogP contribution in [0.4, 0.5) is 23.2 Å². The minimum absolute atomic E-state index is 0.00313. The van der Waals surface area contributed by atoms with Gasteiger partial charge < -0.3 is 30.5 Å². The zero-order valence-corrected chi connectivity index (χ0v) is 36.9. The lowest BCUT2D eigenvalue weighted by Gasteiger charge is -2.36. The van der Waals surface area contributed by atoms with Gasteiger partial charge in [-0.15, -0.1) is 0 Å². The Labute approximate surface area is 365 Å². The highest BCUT2D eigenvalue weighted by atomic mass is 32.2. The average molecular weight is 902 g/mol. The number of hydrogen-bond donors (Lipinski definition) is 3. The minimum Gasteiger partial charge on any atom is -0.420 e. The topological polar surface area (TPSA) is 181 Å². The number of halogens is 4. The second kappa shape index (κ2) is 20.6. The molecule has 5 rings (SSSR count). The Morgan fingerprint density at radius 1 is 0.968 bits per heavy atom. The first kappa shape index (κ1) is 48.9. The van der Waals surface area contributed by atoms with Gasteiger partial charge in [0.25, 0.3) is 0 Å². The highest BCUT2D eigenvalue weighted by molar-refractivity contribution is 7.89. The molecular formula is C45H55F4N5O8S. The van der Waals surface area contributed by atoms with E-state index in [0.717, 1.165) is 5.56 Å². The summed E-state index contributed by atoms with van der Waals surface area (Å²) >= 11 is 0. The number of sulfonamides is 1. The van der Waals surface area contributed by atoms with E-state index in [1.807, 2.05) is 19.1 Å². The zero-order valence-electron chi connectivity index (χ0n) is 36.1. The monoisotopic (exact) mass is 901 g/mol. The number of nitrogens with two attached hydrogens (primary N) is 1. The van der Waals surface area contributed by atoms with Crippen molar-refractivity contribution in [3.8, 4) is 16.9 Å². The van der Waals surface area contributed by atoms with Crippen LogP contribution in [-0.4, -0.2) is 97.9 Å². The number of aliphatic hydroxyl groups excluding tert-OH is 1. The van der Waals surface area contributed by atoms with E-state index in [1.165, 1.54) is 18.2 Å². The molecule has 13 nitrogen and oxygen atoms in total. The van der Waals surface area contributed by atoms with E-state index in [2.05, 4.69) is 10.3 Å². The number of aliphatic hydroxyl groups is 1. The minimum atomic E-state index is -3.72. The van der Waals surface area contributed by atoms with Gasteiger partial charge >= 0.3 is 5.97 Å². The molecule has 2 aliphatic heterocycles. The Balaban J connectivity index is 1.10. The number of nitrogens with one attached hydrogen (secondary N) is 1. The number of ether oxygens (including phenoxy) is 2. The largest absolute Gasteiger partial charge is 0.420 e. The van der Waals surface area contributed by atoms with Gasteiger partial charge in [-0.2, -0.15) is 13.1 Å². The first-order valence-corrected chi connectivity index (χ1v) is 22.2. The lowest BCUT2D eigenvalue weighted by Crippen LogP contribution is -2.51. The third-order valence-electron chi connectivity index (χ3n) is 11.0. The lowest BCUT2D eigenvalue weighted by molar-refractivity contribution is -0.146. The summed E-state index contributed by atoms with van der Waals surface area (Å²) in [6.45, 7) is 9.95. The SMILES string of the molecule is CCCN(CCCNC(=O)CCC(C)(C)OCCC(C)(C)C(=O)Oc1c(F)c(F)cc(F)c1F)C(=O)C1=Cc2ccc(-c3cccc(S(=O)(=O)N4CC(CO)C4)c3)cc2N=C(N)C1. The number of nitrogens with zero attached hydrogens (tertiary/aromatic N) is 3. The van der Waals surface area contributed by atoms with Crippen LogP contribution in [0.15, 0.2) is 64.0 Å². The van der Waals surface area contributed by atoms with Gasteiger partial charge in [0.2, 0.25) is 39.2 Å². The third kappa shape index (κ3) is 12.3. The molecule has 18 heteroatoms. The van der Waals surface area contributed by atoms with Crippen LogP contribution in [0.25, 0.3) is 17.2 Å². The molecule has 0 unspecified atom stereocenters. The molecule has 1 fully saturated rings. The van der Waals surface area contributed by atoms with Crippen molar-refractivity contribution < 1.29 is 54.9 Å². The van der Waals surface area contributed by atoms with Crippen molar-refractivity contribution >= 4 is 45.4 Å². The van der Waals surface area contributed by atoms with Gasteiger partial charge in [0, 0.05) is 81.9 Å². The smallest absolute Gasteiger partial charge is 0.317 e. The number of hydrogen-bond acceptors (Lipinski definition) is 10. The molecule has 0 aromatic heterocycles. The molecule has 0 bridgehead atoms. The van der Waals surface area contributed by atoms with Gasteiger partial charge in [-0.05, 0) is 88.8 Å². The maximum Gasteiger partial charge on any atom is 0.317 e. The number of rotatable bonds is 20. The summed E-state index contributed by atoms with van der Waals surface area (Å²) in [6, 6.07) is 12.1. The van der Waals surface area contributed by atoms with Crippen LogP contribution in [0.2, 0.25) is 0 Å². The molecule has 0 spiro atoms. The molecule has 1 saturated heterocycles. The number of carbonyl (C=O) groups is 3. The molecule has 3 aromatic carbocycles. The molecule has 0 saturated carbocycles. The molecule has 4 N–H and O–H groups in total. The van der Waals surface area contributed by atoms with Crippen molar-refractivity contribution in [2.45, 2.75) is 83.6 Å². The Kier molecular flexibility index (Phi) is 15.9. The van der Waals surface area contributed by atoms with Gasteiger partial charge in [0.15, 0.2) is 11.6 Å². The molecule has 2 aliphatic rings. The van der Waals surface area contributed by atoms with Crippen molar-refractivity contribution in [3.05, 3.63) is 82.9 Å². The van der Waals surface area contributed by atoms with E-state index in [1.54, 1.807) is 55.2 Å². The van der Waals surface area contributed by atoms with Crippen LogP contribution in [-0.2, 0) is 29.1 Å². The van der Waals surface area contributed by atoms with Gasteiger partial charge in [0.05, 0.1) is 21.6 Å². The highest BCUT2D eigenvalue weighted by Gasteiger charge is 2.37. The zero-order chi connectivity index (χ0) is 46.3. The first-order chi connectivity index (χ1) is 29.6. The molecule has 63 heavy (non-hydrogen) atoms. The van der Waals surface area contributed by atoms with Gasteiger partial charge in [0.1, 0.15) is 5.84 Å². The van der Waals surface area contributed by atoms with Crippen molar-refractivity contribution in [1.82, 2.24) is 14.5 Å². The Morgan fingerprint density at radius 3 is 2.32 bits per heavy atom. The number of fused-ring (bicyclic) bond motifs is 1. The summed E-state index contributed by atoms with van der Waals surface area (Å²) in [4.78, 5) is 45.8. The van der Waals surface area contributed by atoms with E-state index >= 15 is 0 Å². The van der Waals surface area contributed by atoms with Crippen LogP contribution in [0.1, 0.15) is 78.7 Å². The summed E-state index contributed by atoms with van der Waals surface area (Å²) in [5.41, 5.74) is 7.22. The average Bonchev–Trinajstić information content (AvgIpc) is 3.38. The highest BCUT2D eigenvalue weighted by Crippen LogP contribution is 2.35. The number of amides is 2. The molecule has 3 aromatic rings. The van der Waals surface area contributed by atoms with Gasteiger partial charge in [-0.25, -0.2) is 22.2 Å².